The molecule has 0 aromatic carbocycles. The maximum absolute atomic E-state index is 9.35. The van der Waals surface area contributed by atoms with Gasteiger partial charge in [0, 0.05) is 18.4 Å². The normalized spacial score (nSPS) is 33.2. The summed E-state index contributed by atoms with van der Waals surface area (Å²) in [6.07, 6.45) is 2.82. The molecule has 0 aromatic rings. The van der Waals surface area contributed by atoms with Gasteiger partial charge in [-0.3, -0.25) is 0 Å². The quantitative estimate of drug-likeness (QED) is 0.534. The minimum absolute atomic E-state index is 0.0350. The fraction of sp³-hybridized carbons (Fsp3) is 1.00. The first kappa shape index (κ1) is 14.6. The Labute approximate surface area is 112 Å². The Hall–Kier alpha value is 0.150. The van der Waals surface area contributed by atoms with Crippen LogP contribution in [-0.4, -0.2) is 70.4 Å². The van der Waals surface area contributed by atoms with Crippen molar-refractivity contribution in [3.05, 3.63) is 0 Å². The minimum Gasteiger partial charge on any atom is -0.394 e. The van der Waals surface area contributed by atoms with E-state index in [1.54, 1.807) is 0 Å². The highest BCUT2D eigenvalue weighted by Crippen LogP contribution is 2.38. The van der Waals surface area contributed by atoms with Crippen molar-refractivity contribution in [3.8, 4) is 0 Å². The molecule has 106 valence electrons. The van der Waals surface area contributed by atoms with E-state index in [4.69, 9.17) is 4.74 Å². The summed E-state index contributed by atoms with van der Waals surface area (Å²) in [5.41, 5.74) is -1.01. The maximum atomic E-state index is 9.35. The number of ether oxygens (including phenoxy) is 1. The van der Waals surface area contributed by atoms with Gasteiger partial charge in [0.15, 0.2) is 0 Å². The number of aliphatic hydroxyl groups is 3. The Kier molecular flexibility index (Phi) is 4.91. The summed E-state index contributed by atoms with van der Waals surface area (Å²) in [5.74, 6) is 2.16. The SMILES string of the molecule is OCC(CO)(CO)NC1CCOC2(CCSC2)C1. The fourth-order valence-corrected chi connectivity index (χ4v) is 4.11. The van der Waals surface area contributed by atoms with E-state index >= 15 is 0 Å². The van der Waals surface area contributed by atoms with Crippen LogP contribution in [0, 0.1) is 0 Å². The third-order valence-electron chi connectivity index (χ3n) is 3.98. The molecule has 4 N–H and O–H groups in total. The highest BCUT2D eigenvalue weighted by Gasteiger charge is 2.42. The maximum Gasteiger partial charge on any atom is 0.0883 e. The average molecular weight is 277 g/mol. The van der Waals surface area contributed by atoms with E-state index in [9.17, 15) is 15.3 Å². The lowest BCUT2D eigenvalue weighted by molar-refractivity contribution is -0.0799. The molecule has 0 aromatic heterocycles. The number of hydrogen-bond acceptors (Lipinski definition) is 6. The molecule has 2 heterocycles. The van der Waals surface area contributed by atoms with E-state index < -0.39 is 5.54 Å². The molecule has 0 saturated carbocycles. The van der Waals surface area contributed by atoms with Crippen molar-refractivity contribution in [3.63, 3.8) is 0 Å². The molecule has 0 aliphatic carbocycles. The Morgan fingerprint density at radius 1 is 1.28 bits per heavy atom. The first-order chi connectivity index (χ1) is 8.67. The number of nitrogens with one attached hydrogen (secondary N) is 1. The van der Waals surface area contributed by atoms with Crippen molar-refractivity contribution in [1.29, 1.82) is 0 Å². The predicted molar refractivity (Wildman–Crippen MR) is 70.8 cm³/mol. The molecule has 2 rings (SSSR count). The molecule has 2 aliphatic heterocycles. The number of hydrogen-bond donors (Lipinski definition) is 4. The molecule has 0 radical (unpaired) electrons. The van der Waals surface area contributed by atoms with Crippen LogP contribution < -0.4 is 5.32 Å². The molecule has 5 nitrogen and oxygen atoms in total. The van der Waals surface area contributed by atoms with Crippen molar-refractivity contribution in [1.82, 2.24) is 5.32 Å². The minimum atomic E-state index is -0.977. The molecule has 2 aliphatic rings. The highest BCUT2D eigenvalue weighted by molar-refractivity contribution is 7.99. The first-order valence-electron chi connectivity index (χ1n) is 6.50. The van der Waals surface area contributed by atoms with E-state index in [2.05, 4.69) is 5.32 Å². The summed E-state index contributed by atoms with van der Waals surface area (Å²) in [6, 6.07) is 0.184. The number of thioether (sulfide) groups is 1. The third-order valence-corrected chi connectivity index (χ3v) is 5.20. The van der Waals surface area contributed by atoms with Crippen LogP contribution in [0.1, 0.15) is 19.3 Å². The molecule has 2 unspecified atom stereocenters. The van der Waals surface area contributed by atoms with Crippen LogP contribution in [0.15, 0.2) is 0 Å². The van der Waals surface area contributed by atoms with Crippen molar-refractivity contribution in [2.75, 3.05) is 37.9 Å². The van der Waals surface area contributed by atoms with Crippen LogP contribution in [0.2, 0.25) is 0 Å². The molecule has 0 amide bonds. The molecule has 6 heteroatoms. The van der Waals surface area contributed by atoms with E-state index in [-0.39, 0.29) is 31.5 Å². The summed E-state index contributed by atoms with van der Waals surface area (Å²) in [7, 11) is 0. The monoisotopic (exact) mass is 277 g/mol. The van der Waals surface area contributed by atoms with Gasteiger partial charge in [-0.1, -0.05) is 0 Å². The van der Waals surface area contributed by atoms with Crippen LogP contribution in [0.25, 0.3) is 0 Å². The molecule has 18 heavy (non-hydrogen) atoms. The Balaban J connectivity index is 1.96. The highest BCUT2D eigenvalue weighted by atomic mass is 32.2. The molecular formula is C12H23NO4S. The van der Waals surface area contributed by atoms with Crippen LogP contribution in [0.3, 0.4) is 0 Å². The van der Waals surface area contributed by atoms with Gasteiger partial charge in [0.1, 0.15) is 0 Å². The van der Waals surface area contributed by atoms with Crippen LogP contribution in [0.4, 0.5) is 0 Å². The topological polar surface area (TPSA) is 82.0 Å². The van der Waals surface area contributed by atoms with Gasteiger partial charge in [0.25, 0.3) is 0 Å². The molecule has 0 bridgehead atoms. The van der Waals surface area contributed by atoms with Gasteiger partial charge in [0.2, 0.25) is 0 Å². The number of rotatable bonds is 5. The fourth-order valence-electron chi connectivity index (χ4n) is 2.73. The van der Waals surface area contributed by atoms with Gasteiger partial charge in [-0.05, 0) is 25.0 Å². The van der Waals surface area contributed by atoms with Crippen LogP contribution in [0.5, 0.6) is 0 Å². The lowest BCUT2D eigenvalue weighted by Crippen LogP contribution is -2.61. The van der Waals surface area contributed by atoms with Crippen molar-refractivity contribution < 1.29 is 20.1 Å². The number of aliphatic hydroxyl groups excluding tert-OH is 3. The van der Waals surface area contributed by atoms with Crippen LogP contribution in [-0.2, 0) is 4.74 Å². The average Bonchev–Trinajstić information content (AvgIpc) is 2.84. The lowest BCUT2D eigenvalue weighted by atomic mass is 9.88. The van der Waals surface area contributed by atoms with E-state index in [0.29, 0.717) is 6.61 Å². The van der Waals surface area contributed by atoms with Gasteiger partial charge in [0.05, 0.1) is 31.0 Å². The van der Waals surface area contributed by atoms with Gasteiger partial charge >= 0.3 is 0 Å². The van der Waals surface area contributed by atoms with E-state index in [0.717, 1.165) is 30.8 Å². The Morgan fingerprint density at radius 2 is 2.00 bits per heavy atom. The summed E-state index contributed by atoms with van der Waals surface area (Å²) in [6.45, 7) is -0.0894. The molecule has 1 spiro atoms. The van der Waals surface area contributed by atoms with Gasteiger partial charge in [-0.25, -0.2) is 0 Å². The molecule has 2 saturated heterocycles. The molecular weight excluding hydrogens is 254 g/mol. The second-order valence-corrected chi connectivity index (χ2v) is 6.53. The third kappa shape index (κ3) is 3.00. The summed E-state index contributed by atoms with van der Waals surface area (Å²) >= 11 is 1.92. The summed E-state index contributed by atoms with van der Waals surface area (Å²) in [4.78, 5) is 0. The van der Waals surface area contributed by atoms with Crippen molar-refractivity contribution >= 4 is 11.8 Å². The zero-order valence-electron chi connectivity index (χ0n) is 10.6. The second kappa shape index (κ2) is 6.07. The molecule has 2 atom stereocenters. The van der Waals surface area contributed by atoms with Crippen molar-refractivity contribution in [2.24, 2.45) is 0 Å². The zero-order valence-corrected chi connectivity index (χ0v) is 11.4. The lowest BCUT2D eigenvalue weighted by Gasteiger charge is -2.42. The zero-order chi connectivity index (χ0) is 13.1. The molecule has 2 fully saturated rings. The van der Waals surface area contributed by atoms with E-state index in [1.807, 2.05) is 11.8 Å². The first-order valence-corrected chi connectivity index (χ1v) is 7.65. The predicted octanol–water partition coefficient (Wildman–Crippen LogP) is -0.654. The summed E-state index contributed by atoms with van der Waals surface area (Å²) in [5, 5.41) is 31.3. The van der Waals surface area contributed by atoms with Gasteiger partial charge < -0.3 is 25.4 Å². The van der Waals surface area contributed by atoms with Gasteiger partial charge in [-0.15, -0.1) is 0 Å². The van der Waals surface area contributed by atoms with Crippen LogP contribution >= 0.6 is 11.8 Å². The van der Waals surface area contributed by atoms with E-state index in [1.165, 1.54) is 0 Å². The summed E-state index contributed by atoms with van der Waals surface area (Å²) < 4.78 is 5.92. The van der Waals surface area contributed by atoms with Gasteiger partial charge in [-0.2, -0.15) is 11.8 Å². The Morgan fingerprint density at radius 3 is 2.56 bits per heavy atom. The smallest absolute Gasteiger partial charge is 0.0883 e. The largest absolute Gasteiger partial charge is 0.394 e. The van der Waals surface area contributed by atoms with Crippen molar-refractivity contribution in [2.45, 2.75) is 36.4 Å². The second-order valence-electron chi connectivity index (χ2n) is 5.42. The Bertz CT molecular complexity index is 259. The standard InChI is InChI=1S/C12H23NO4S/c14-6-11(7-15,8-16)13-10-1-3-17-12(5-10)2-4-18-9-12/h10,13-16H,1-9H2.